The molecular weight excluding hydrogens is 297 g/mol. The normalized spacial score (nSPS) is 13.3. The van der Waals surface area contributed by atoms with Gasteiger partial charge in [-0.1, -0.05) is 48.5 Å². The minimum Gasteiger partial charge on any atom is -0.481 e. The smallest absolute Gasteiger partial charge is 0.307 e. The Kier molecular flexibility index (Phi) is 5.60. The van der Waals surface area contributed by atoms with Crippen molar-refractivity contribution in [2.75, 3.05) is 0 Å². The third-order valence-electron chi connectivity index (χ3n) is 3.73. The molecule has 2 atom stereocenters. The van der Waals surface area contributed by atoms with Gasteiger partial charge in [-0.15, -0.1) is 0 Å². The maximum Gasteiger partial charge on any atom is 0.307 e. The van der Waals surface area contributed by atoms with Crippen molar-refractivity contribution in [2.45, 2.75) is 18.9 Å². The first-order valence-corrected chi connectivity index (χ1v) is 7.28. The van der Waals surface area contributed by atoms with Crippen LogP contribution in [0.4, 0.5) is 4.39 Å². The molecule has 4 nitrogen and oxygen atoms in total. The van der Waals surface area contributed by atoms with Crippen LogP contribution in [0.15, 0.2) is 54.6 Å². The van der Waals surface area contributed by atoms with Crippen molar-refractivity contribution >= 4 is 11.8 Å². The van der Waals surface area contributed by atoms with Crippen LogP contribution in [-0.4, -0.2) is 16.9 Å². The van der Waals surface area contributed by atoms with E-state index >= 15 is 0 Å². The third-order valence-corrected chi connectivity index (χ3v) is 3.73. The van der Waals surface area contributed by atoms with E-state index in [0.717, 1.165) is 0 Å². The van der Waals surface area contributed by atoms with E-state index in [1.165, 1.54) is 18.2 Å². The molecule has 0 saturated heterocycles. The van der Waals surface area contributed by atoms with E-state index in [9.17, 15) is 19.1 Å². The number of rotatable bonds is 7. The van der Waals surface area contributed by atoms with Gasteiger partial charge in [0.1, 0.15) is 5.82 Å². The van der Waals surface area contributed by atoms with E-state index in [4.69, 9.17) is 5.73 Å². The molecule has 3 N–H and O–H groups in total. The average Bonchev–Trinajstić information content (AvgIpc) is 2.56. The van der Waals surface area contributed by atoms with Gasteiger partial charge in [-0.2, -0.15) is 0 Å². The lowest BCUT2D eigenvalue weighted by atomic mass is 9.90. The van der Waals surface area contributed by atoms with Crippen LogP contribution in [0, 0.1) is 11.7 Å². The highest BCUT2D eigenvalue weighted by Gasteiger charge is 2.26. The highest BCUT2D eigenvalue weighted by atomic mass is 19.1. The maximum absolute atomic E-state index is 13.7. The summed E-state index contributed by atoms with van der Waals surface area (Å²) in [6.07, 6.45) is -0.283. The number of carbonyl (C=O) groups excluding carboxylic acids is 1. The number of carboxylic acids is 1. The van der Waals surface area contributed by atoms with E-state index in [-0.39, 0.29) is 24.2 Å². The Morgan fingerprint density at radius 1 is 1.04 bits per heavy atom. The van der Waals surface area contributed by atoms with Crippen molar-refractivity contribution in [3.05, 3.63) is 71.5 Å². The zero-order valence-electron chi connectivity index (χ0n) is 12.5. The topological polar surface area (TPSA) is 80.4 Å². The number of aliphatic carboxylic acids is 1. The van der Waals surface area contributed by atoms with Gasteiger partial charge in [0.05, 0.1) is 12.0 Å². The summed E-state index contributed by atoms with van der Waals surface area (Å²) in [5, 5.41) is 9.31. The Bertz CT molecular complexity index is 688. The van der Waals surface area contributed by atoms with Crippen LogP contribution in [0.2, 0.25) is 0 Å². The van der Waals surface area contributed by atoms with E-state index in [2.05, 4.69) is 0 Å². The highest BCUT2D eigenvalue weighted by Crippen LogP contribution is 2.20. The second-order valence-electron chi connectivity index (χ2n) is 5.39. The minimum absolute atomic E-state index is 0.0464. The Morgan fingerprint density at radius 2 is 1.65 bits per heavy atom. The highest BCUT2D eigenvalue weighted by molar-refractivity contribution is 5.88. The number of hydrogen-bond donors (Lipinski definition) is 2. The standard InChI is InChI=1S/C18H18FNO3/c19-15-9-5-4-8-13(15)10-14(18(22)23)11-16(21)17(20)12-6-2-1-3-7-12/h1-9,14,17H,10-11,20H2,(H,22,23)/t14?,17-/m0/s1. The van der Waals surface area contributed by atoms with Crippen molar-refractivity contribution in [2.24, 2.45) is 11.7 Å². The van der Waals surface area contributed by atoms with Crippen LogP contribution >= 0.6 is 0 Å². The first-order chi connectivity index (χ1) is 11.0. The molecule has 120 valence electrons. The zero-order valence-corrected chi connectivity index (χ0v) is 12.5. The van der Waals surface area contributed by atoms with Gasteiger partial charge in [0, 0.05) is 6.42 Å². The number of benzene rings is 2. The van der Waals surface area contributed by atoms with Crippen LogP contribution in [0.3, 0.4) is 0 Å². The largest absolute Gasteiger partial charge is 0.481 e. The fourth-order valence-electron chi connectivity index (χ4n) is 2.39. The first-order valence-electron chi connectivity index (χ1n) is 7.28. The van der Waals surface area contributed by atoms with Crippen LogP contribution in [0.25, 0.3) is 0 Å². The Morgan fingerprint density at radius 3 is 2.26 bits per heavy atom. The molecule has 0 bridgehead atoms. The van der Waals surface area contributed by atoms with Gasteiger partial charge in [-0.05, 0) is 23.6 Å². The number of Topliss-reactive ketones (excluding diaryl/α,β-unsaturated/α-hetero) is 1. The fourth-order valence-corrected chi connectivity index (χ4v) is 2.39. The van der Waals surface area contributed by atoms with Gasteiger partial charge in [0.2, 0.25) is 0 Å². The second-order valence-corrected chi connectivity index (χ2v) is 5.39. The maximum atomic E-state index is 13.7. The molecule has 0 radical (unpaired) electrons. The average molecular weight is 315 g/mol. The summed E-state index contributed by atoms with van der Waals surface area (Å²) in [5.74, 6) is -2.99. The molecule has 0 aliphatic carbocycles. The van der Waals surface area contributed by atoms with Crippen LogP contribution < -0.4 is 5.73 Å². The van der Waals surface area contributed by atoms with Crippen molar-refractivity contribution in [3.8, 4) is 0 Å². The number of nitrogens with two attached hydrogens (primary N) is 1. The fraction of sp³-hybridized carbons (Fsp3) is 0.222. The molecule has 0 saturated carbocycles. The van der Waals surface area contributed by atoms with Crippen molar-refractivity contribution < 1.29 is 19.1 Å². The lowest BCUT2D eigenvalue weighted by molar-refractivity contribution is -0.143. The Hall–Kier alpha value is -2.53. The van der Waals surface area contributed by atoms with Crippen LogP contribution in [0.1, 0.15) is 23.6 Å². The van der Waals surface area contributed by atoms with Gasteiger partial charge in [-0.25, -0.2) is 4.39 Å². The van der Waals surface area contributed by atoms with E-state index < -0.39 is 23.7 Å². The molecule has 0 aliphatic heterocycles. The number of halogens is 1. The molecule has 0 heterocycles. The number of carbonyl (C=O) groups is 2. The Labute approximate surface area is 133 Å². The summed E-state index contributed by atoms with van der Waals surface area (Å²) in [7, 11) is 0. The van der Waals surface area contributed by atoms with Crippen LogP contribution in [-0.2, 0) is 16.0 Å². The van der Waals surface area contributed by atoms with Gasteiger partial charge in [0.25, 0.3) is 0 Å². The molecule has 1 unspecified atom stereocenters. The lowest BCUT2D eigenvalue weighted by Crippen LogP contribution is -2.27. The summed E-state index contributed by atoms with van der Waals surface area (Å²) in [4.78, 5) is 23.6. The second kappa shape index (κ2) is 7.65. The quantitative estimate of drug-likeness (QED) is 0.823. The predicted molar refractivity (Wildman–Crippen MR) is 84.2 cm³/mol. The molecule has 2 aromatic rings. The lowest BCUT2D eigenvalue weighted by Gasteiger charge is -2.16. The predicted octanol–water partition coefficient (Wildman–Crippen LogP) is 2.73. The van der Waals surface area contributed by atoms with Gasteiger partial charge >= 0.3 is 5.97 Å². The molecule has 0 fully saturated rings. The molecule has 2 rings (SSSR count). The molecule has 0 amide bonds. The SMILES string of the molecule is N[C@H](C(=O)CC(Cc1ccccc1F)C(=O)O)c1ccccc1. The number of hydrogen-bond acceptors (Lipinski definition) is 3. The van der Waals surface area contributed by atoms with E-state index in [0.29, 0.717) is 5.56 Å². The molecular formula is C18H18FNO3. The van der Waals surface area contributed by atoms with Gasteiger partial charge in [-0.3, -0.25) is 9.59 Å². The van der Waals surface area contributed by atoms with E-state index in [1.54, 1.807) is 36.4 Å². The number of carboxylic acid groups (broad SMARTS) is 1. The summed E-state index contributed by atoms with van der Waals surface area (Å²) in [6, 6.07) is 13.8. The molecule has 2 aromatic carbocycles. The minimum atomic E-state index is -1.14. The van der Waals surface area contributed by atoms with Gasteiger partial charge < -0.3 is 10.8 Å². The van der Waals surface area contributed by atoms with Crippen molar-refractivity contribution in [1.29, 1.82) is 0 Å². The summed E-state index contributed by atoms with van der Waals surface area (Å²) >= 11 is 0. The van der Waals surface area contributed by atoms with E-state index in [1.807, 2.05) is 0 Å². The first kappa shape index (κ1) is 16.8. The molecule has 0 aromatic heterocycles. The van der Waals surface area contributed by atoms with Crippen molar-refractivity contribution in [1.82, 2.24) is 0 Å². The molecule has 23 heavy (non-hydrogen) atoms. The monoisotopic (exact) mass is 315 g/mol. The summed E-state index contributed by atoms with van der Waals surface area (Å²) in [6.45, 7) is 0. The molecule has 0 spiro atoms. The van der Waals surface area contributed by atoms with Gasteiger partial charge in [0.15, 0.2) is 5.78 Å². The van der Waals surface area contributed by atoms with Crippen molar-refractivity contribution in [3.63, 3.8) is 0 Å². The molecule has 5 heteroatoms. The zero-order chi connectivity index (χ0) is 16.8. The van der Waals surface area contributed by atoms with Crippen LogP contribution in [0.5, 0.6) is 0 Å². The number of ketones is 1. The third kappa shape index (κ3) is 4.47. The Balaban J connectivity index is 2.09. The summed E-state index contributed by atoms with van der Waals surface area (Å²) in [5.41, 5.74) is 6.80. The molecule has 0 aliphatic rings. The summed E-state index contributed by atoms with van der Waals surface area (Å²) < 4.78 is 13.7.